The summed E-state index contributed by atoms with van der Waals surface area (Å²) in [7, 11) is 0. The summed E-state index contributed by atoms with van der Waals surface area (Å²) in [5, 5.41) is 4.69. The number of anilines is 1. The van der Waals surface area contributed by atoms with Crippen molar-refractivity contribution >= 4 is 28.9 Å². The van der Waals surface area contributed by atoms with Crippen LogP contribution in [0.2, 0.25) is 5.02 Å². The Balaban J connectivity index is 1.77. The molecule has 1 aliphatic heterocycles. The summed E-state index contributed by atoms with van der Waals surface area (Å²) >= 11 is 12.4. The fourth-order valence-corrected chi connectivity index (χ4v) is 3.86. The number of hydrogen-bond acceptors (Lipinski definition) is 2. The molecule has 2 aliphatic rings. The number of nitrogens with zero attached hydrogens (tertiary/aromatic N) is 1. The van der Waals surface area contributed by atoms with E-state index in [0.717, 1.165) is 43.5 Å². The SMILES string of the molecule is Clc1cccc(N2CNCC3CC(Cl)CC3C2)c1. The van der Waals surface area contributed by atoms with Crippen LogP contribution in [0.15, 0.2) is 24.3 Å². The summed E-state index contributed by atoms with van der Waals surface area (Å²) in [6, 6.07) is 8.10. The van der Waals surface area contributed by atoms with Gasteiger partial charge in [0.25, 0.3) is 0 Å². The van der Waals surface area contributed by atoms with Crippen molar-refractivity contribution in [3.8, 4) is 0 Å². The molecule has 3 rings (SSSR count). The van der Waals surface area contributed by atoms with Crippen LogP contribution in [0.4, 0.5) is 5.69 Å². The third kappa shape index (κ3) is 2.61. The lowest BCUT2D eigenvalue weighted by Gasteiger charge is -2.26. The second kappa shape index (κ2) is 5.28. The minimum atomic E-state index is 0.362. The predicted octanol–water partition coefficient (Wildman–Crippen LogP) is 3.34. The van der Waals surface area contributed by atoms with Crippen LogP contribution in [-0.4, -0.2) is 25.1 Å². The molecule has 4 heteroatoms. The van der Waals surface area contributed by atoms with Crippen LogP contribution in [0.1, 0.15) is 12.8 Å². The van der Waals surface area contributed by atoms with E-state index in [1.165, 1.54) is 5.69 Å². The van der Waals surface area contributed by atoms with Crippen LogP contribution in [0.5, 0.6) is 0 Å². The molecule has 1 heterocycles. The number of nitrogens with one attached hydrogen (secondary N) is 1. The fraction of sp³-hybridized carbons (Fsp3) is 0.571. The largest absolute Gasteiger partial charge is 0.358 e. The maximum Gasteiger partial charge on any atom is 0.0682 e. The van der Waals surface area contributed by atoms with E-state index in [-0.39, 0.29) is 0 Å². The van der Waals surface area contributed by atoms with Crippen molar-refractivity contribution in [2.75, 3.05) is 24.7 Å². The fourth-order valence-electron chi connectivity index (χ4n) is 3.21. The monoisotopic (exact) mass is 284 g/mol. The molecule has 0 bridgehead atoms. The minimum absolute atomic E-state index is 0.362. The van der Waals surface area contributed by atoms with Gasteiger partial charge >= 0.3 is 0 Å². The lowest BCUT2D eigenvalue weighted by molar-refractivity contribution is 0.407. The minimum Gasteiger partial charge on any atom is -0.358 e. The third-order valence-electron chi connectivity index (χ3n) is 4.12. The van der Waals surface area contributed by atoms with Gasteiger partial charge in [-0.25, -0.2) is 0 Å². The number of halogens is 2. The van der Waals surface area contributed by atoms with Crippen molar-refractivity contribution in [2.45, 2.75) is 18.2 Å². The number of hydrogen-bond donors (Lipinski definition) is 1. The van der Waals surface area contributed by atoms with E-state index in [9.17, 15) is 0 Å². The Morgan fingerprint density at radius 1 is 1.22 bits per heavy atom. The van der Waals surface area contributed by atoms with Crippen molar-refractivity contribution in [1.29, 1.82) is 0 Å². The van der Waals surface area contributed by atoms with Crippen molar-refractivity contribution < 1.29 is 0 Å². The maximum absolute atomic E-state index is 6.29. The molecule has 1 aliphatic carbocycles. The van der Waals surface area contributed by atoms with E-state index < -0.39 is 0 Å². The molecule has 3 unspecified atom stereocenters. The molecule has 2 fully saturated rings. The van der Waals surface area contributed by atoms with Crippen LogP contribution < -0.4 is 10.2 Å². The molecule has 18 heavy (non-hydrogen) atoms. The van der Waals surface area contributed by atoms with Gasteiger partial charge in [-0.05, 0) is 49.4 Å². The lowest BCUT2D eigenvalue weighted by atomic mass is 9.96. The number of fused-ring (bicyclic) bond motifs is 1. The maximum atomic E-state index is 6.29. The van der Waals surface area contributed by atoms with Crippen LogP contribution >= 0.6 is 23.2 Å². The van der Waals surface area contributed by atoms with Gasteiger partial charge in [0.2, 0.25) is 0 Å². The molecule has 1 N–H and O–H groups in total. The van der Waals surface area contributed by atoms with Gasteiger partial charge in [0.15, 0.2) is 0 Å². The molecule has 1 saturated heterocycles. The smallest absolute Gasteiger partial charge is 0.0682 e. The highest BCUT2D eigenvalue weighted by atomic mass is 35.5. The molecule has 0 radical (unpaired) electrons. The summed E-state index contributed by atoms with van der Waals surface area (Å²) < 4.78 is 0. The topological polar surface area (TPSA) is 15.3 Å². The molecular formula is C14H18Cl2N2. The van der Waals surface area contributed by atoms with E-state index in [1.807, 2.05) is 18.2 Å². The lowest BCUT2D eigenvalue weighted by Crippen LogP contribution is -2.33. The molecule has 0 aromatic heterocycles. The molecule has 0 amide bonds. The molecule has 3 atom stereocenters. The zero-order valence-corrected chi connectivity index (χ0v) is 11.8. The molecule has 1 aromatic rings. The second-order valence-electron chi connectivity index (χ2n) is 5.40. The summed E-state index contributed by atoms with van der Waals surface area (Å²) in [6.45, 7) is 3.08. The average molecular weight is 285 g/mol. The molecule has 1 saturated carbocycles. The van der Waals surface area contributed by atoms with Crippen LogP contribution in [0.25, 0.3) is 0 Å². The highest BCUT2D eigenvalue weighted by molar-refractivity contribution is 6.30. The van der Waals surface area contributed by atoms with Gasteiger partial charge in [-0.2, -0.15) is 0 Å². The Morgan fingerprint density at radius 2 is 2.06 bits per heavy atom. The summed E-state index contributed by atoms with van der Waals surface area (Å²) in [5.41, 5.74) is 1.20. The standard InChI is InChI=1S/C14H18Cl2N2/c15-12-2-1-3-14(6-12)18-8-11-5-13(16)4-10(11)7-17-9-18/h1-3,6,10-11,13,17H,4-5,7-9H2. The summed E-state index contributed by atoms with van der Waals surface area (Å²) in [4.78, 5) is 2.38. The van der Waals surface area contributed by atoms with E-state index >= 15 is 0 Å². The number of rotatable bonds is 1. The summed E-state index contributed by atoms with van der Waals surface area (Å²) in [5.74, 6) is 1.44. The molecule has 0 spiro atoms. The van der Waals surface area contributed by atoms with Crippen LogP contribution in [0, 0.1) is 11.8 Å². The quantitative estimate of drug-likeness (QED) is 0.796. The third-order valence-corrected chi connectivity index (χ3v) is 4.71. The van der Waals surface area contributed by atoms with E-state index in [2.05, 4.69) is 16.3 Å². The van der Waals surface area contributed by atoms with Crippen LogP contribution in [-0.2, 0) is 0 Å². The number of benzene rings is 1. The van der Waals surface area contributed by atoms with Gasteiger partial charge in [-0.3, -0.25) is 5.32 Å². The van der Waals surface area contributed by atoms with Gasteiger partial charge in [0.1, 0.15) is 0 Å². The van der Waals surface area contributed by atoms with Crippen molar-refractivity contribution in [2.24, 2.45) is 11.8 Å². The average Bonchev–Trinajstić information content (AvgIpc) is 2.56. The van der Waals surface area contributed by atoms with Gasteiger partial charge in [-0.1, -0.05) is 17.7 Å². The van der Waals surface area contributed by atoms with Crippen molar-refractivity contribution in [3.05, 3.63) is 29.3 Å². The first-order valence-corrected chi connectivity index (χ1v) is 7.39. The Labute approximate surface area is 118 Å². The zero-order chi connectivity index (χ0) is 12.5. The van der Waals surface area contributed by atoms with Crippen molar-refractivity contribution in [3.63, 3.8) is 0 Å². The van der Waals surface area contributed by atoms with Gasteiger partial charge in [-0.15, -0.1) is 11.6 Å². The molecule has 2 nitrogen and oxygen atoms in total. The highest BCUT2D eigenvalue weighted by Crippen LogP contribution is 2.37. The van der Waals surface area contributed by atoms with E-state index in [1.54, 1.807) is 0 Å². The van der Waals surface area contributed by atoms with E-state index in [4.69, 9.17) is 23.2 Å². The van der Waals surface area contributed by atoms with Gasteiger partial charge < -0.3 is 4.90 Å². The number of alkyl halides is 1. The predicted molar refractivity (Wildman–Crippen MR) is 77.5 cm³/mol. The first kappa shape index (κ1) is 12.6. The highest BCUT2D eigenvalue weighted by Gasteiger charge is 2.35. The normalized spacial score (nSPS) is 32.1. The Hall–Kier alpha value is -0.440. The van der Waals surface area contributed by atoms with E-state index in [0.29, 0.717) is 11.3 Å². The van der Waals surface area contributed by atoms with Crippen LogP contribution in [0.3, 0.4) is 0 Å². The molecule has 98 valence electrons. The summed E-state index contributed by atoms with van der Waals surface area (Å²) in [6.07, 6.45) is 2.30. The zero-order valence-electron chi connectivity index (χ0n) is 10.3. The Morgan fingerprint density at radius 3 is 2.89 bits per heavy atom. The first-order valence-electron chi connectivity index (χ1n) is 6.57. The Kier molecular flexibility index (Phi) is 3.69. The Bertz CT molecular complexity index is 424. The first-order chi connectivity index (χ1) is 8.72. The molecule has 1 aromatic carbocycles. The second-order valence-corrected chi connectivity index (χ2v) is 6.46. The van der Waals surface area contributed by atoms with Gasteiger partial charge in [0.05, 0.1) is 6.67 Å². The van der Waals surface area contributed by atoms with Crippen molar-refractivity contribution in [1.82, 2.24) is 5.32 Å². The van der Waals surface area contributed by atoms with Gasteiger partial charge in [0, 0.05) is 22.6 Å². The molecular weight excluding hydrogens is 267 g/mol.